The maximum Gasteiger partial charge on any atom is 0.194 e. The molecule has 0 N–H and O–H groups in total. The molecule has 12 rings (SSSR count). The summed E-state index contributed by atoms with van der Waals surface area (Å²) >= 11 is 0. The Hall–Kier alpha value is -8.04. The molecule has 0 spiro atoms. The zero-order valence-electron chi connectivity index (χ0n) is 31.2. The third-order valence-electron chi connectivity index (χ3n) is 12.4. The highest BCUT2D eigenvalue weighted by Gasteiger charge is 2.28. The molecule has 12 aromatic carbocycles. The van der Waals surface area contributed by atoms with Crippen LogP contribution in [-0.4, -0.2) is 0 Å². The van der Waals surface area contributed by atoms with Crippen molar-refractivity contribution in [1.29, 1.82) is 5.26 Å². The lowest BCUT2D eigenvalue weighted by Gasteiger charge is -2.20. The molecule has 0 radical (unpaired) electrons. The topological polar surface area (TPSA) is 28.1 Å². The van der Waals surface area contributed by atoms with Crippen molar-refractivity contribution in [2.24, 2.45) is 0 Å². The van der Waals surface area contributed by atoms with Gasteiger partial charge in [-0.2, -0.15) is 5.26 Å². The second-order valence-corrected chi connectivity index (χ2v) is 15.2. The molecule has 58 heavy (non-hydrogen) atoms. The van der Waals surface area contributed by atoms with E-state index in [0.29, 0.717) is 11.3 Å². The Bertz CT molecular complexity index is 3750. The monoisotopic (exact) mass is 730 g/mol. The van der Waals surface area contributed by atoms with Crippen LogP contribution in [0.3, 0.4) is 0 Å². The van der Waals surface area contributed by atoms with Crippen LogP contribution in [0, 0.1) is 17.9 Å². The predicted molar refractivity (Wildman–Crippen MR) is 244 cm³/mol. The number of hydrogen-bond acceptors (Lipinski definition) is 1. The lowest BCUT2D eigenvalue weighted by atomic mass is 9.82. The number of benzene rings is 10. The van der Waals surface area contributed by atoms with E-state index in [2.05, 4.69) is 163 Å². The Morgan fingerprint density at radius 1 is 0.345 bits per heavy atom. The fraction of sp³-hybridized carbons (Fsp3) is 0. The normalized spacial score (nSPS) is 11.8. The summed E-state index contributed by atoms with van der Waals surface area (Å²) in [5.41, 5.74) is 9.86. The van der Waals surface area contributed by atoms with Gasteiger partial charge in [0.25, 0.3) is 0 Å². The minimum absolute atomic E-state index is 0.614. The van der Waals surface area contributed by atoms with Crippen LogP contribution in [0.5, 0.6) is 0 Å². The summed E-state index contributed by atoms with van der Waals surface area (Å²) in [6, 6.07) is 67.1. The van der Waals surface area contributed by atoms with Crippen LogP contribution in [-0.2, 0) is 0 Å². The highest BCUT2D eigenvalue weighted by atomic mass is 14.6. The maximum absolute atomic E-state index is 10.7. The minimum atomic E-state index is 0.614. The molecule has 0 amide bonds. The molecule has 0 saturated heterocycles. The van der Waals surface area contributed by atoms with E-state index >= 15 is 0 Å². The van der Waals surface area contributed by atoms with Gasteiger partial charge in [-0.25, -0.2) is 4.85 Å². The van der Waals surface area contributed by atoms with Gasteiger partial charge in [0.15, 0.2) is 5.69 Å². The van der Waals surface area contributed by atoms with Crippen LogP contribution in [0.15, 0.2) is 182 Å². The number of nitrogens with zero attached hydrogens (tertiary/aromatic N) is 2. The second-order valence-electron chi connectivity index (χ2n) is 15.2. The number of nitriles is 1. The van der Waals surface area contributed by atoms with Gasteiger partial charge in [0.2, 0.25) is 0 Å². The molecule has 0 fully saturated rings. The molecule has 0 atom stereocenters. The van der Waals surface area contributed by atoms with Gasteiger partial charge in [-0.1, -0.05) is 164 Å². The average Bonchev–Trinajstić information content (AvgIpc) is 3.80. The van der Waals surface area contributed by atoms with Crippen molar-refractivity contribution in [3.8, 4) is 50.6 Å². The van der Waals surface area contributed by atoms with Gasteiger partial charge in [-0.15, -0.1) is 0 Å². The van der Waals surface area contributed by atoms with Gasteiger partial charge in [0.1, 0.15) is 0 Å². The molecule has 0 aliphatic heterocycles. The molecule has 12 aromatic rings. The zero-order chi connectivity index (χ0) is 38.5. The molecular formula is C56H30N2. The molecule has 0 aromatic heterocycles. The van der Waals surface area contributed by atoms with Gasteiger partial charge in [-0.3, -0.25) is 0 Å². The minimum Gasteiger partial charge on any atom is -0.238 e. The Kier molecular flexibility index (Phi) is 6.80. The summed E-state index contributed by atoms with van der Waals surface area (Å²) in [5, 5.41) is 27.0. The van der Waals surface area contributed by atoms with E-state index in [4.69, 9.17) is 6.57 Å². The summed E-state index contributed by atoms with van der Waals surface area (Å²) in [6.45, 7) is 8.42. The first kappa shape index (κ1) is 32.2. The molecule has 0 bridgehead atoms. The van der Waals surface area contributed by atoms with Crippen LogP contribution in [0.1, 0.15) is 5.56 Å². The van der Waals surface area contributed by atoms with Crippen molar-refractivity contribution in [2.75, 3.05) is 0 Å². The van der Waals surface area contributed by atoms with Crippen LogP contribution >= 0.6 is 0 Å². The quantitative estimate of drug-likeness (QED) is 0.131. The Morgan fingerprint density at radius 3 is 1.72 bits per heavy atom. The van der Waals surface area contributed by atoms with Crippen LogP contribution in [0.25, 0.3) is 125 Å². The van der Waals surface area contributed by atoms with E-state index in [9.17, 15) is 5.26 Å². The summed E-state index contributed by atoms with van der Waals surface area (Å²) in [4.78, 5) is 4.13. The second kappa shape index (κ2) is 12.2. The third kappa shape index (κ3) is 4.35. The summed E-state index contributed by atoms with van der Waals surface area (Å²) in [5.74, 6) is 0. The fourth-order valence-corrected chi connectivity index (χ4v) is 10.1. The molecule has 0 aliphatic rings. The molecule has 0 saturated carbocycles. The van der Waals surface area contributed by atoms with Crippen molar-refractivity contribution in [3.05, 3.63) is 199 Å². The van der Waals surface area contributed by atoms with Crippen molar-refractivity contribution in [2.45, 2.75) is 0 Å². The van der Waals surface area contributed by atoms with Crippen LogP contribution in [0.4, 0.5) is 5.69 Å². The lowest BCUT2D eigenvalue weighted by molar-refractivity contribution is 1.49. The van der Waals surface area contributed by atoms with Gasteiger partial charge in [-0.05, 0) is 133 Å². The number of fused-ring (bicyclic) bond motifs is 8. The summed E-state index contributed by atoms with van der Waals surface area (Å²) in [6.07, 6.45) is 0. The number of hydrogen-bond donors (Lipinski definition) is 0. The zero-order valence-corrected chi connectivity index (χ0v) is 31.2. The molecule has 2 heteroatoms. The largest absolute Gasteiger partial charge is 0.238 e. The van der Waals surface area contributed by atoms with E-state index in [0.717, 1.165) is 65.5 Å². The van der Waals surface area contributed by atoms with E-state index in [1.807, 2.05) is 30.3 Å². The number of rotatable bonds is 4. The third-order valence-corrected chi connectivity index (χ3v) is 12.4. The average molecular weight is 731 g/mol. The molecular weight excluding hydrogens is 701 g/mol. The SMILES string of the molecule is [C-]#[N+]c1ccccc1-c1c2cc3c4ccccc4c4cccc(c2c(-c2ccccc2C#N)c2c5cccc6c(-c7cccc(-c8ccccc8)c7)ccc(c12)c65)c43. The molecule has 0 unspecified atom stereocenters. The molecule has 0 aliphatic carbocycles. The predicted octanol–water partition coefficient (Wildman–Crippen LogP) is 15.7. The van der Waals surface area contributed by atoms with Gasteiger partial charge in [0, 0.05) is 5.56 Å². The highest BCUT2D eigenvalue weighted by molar-refractivity contribution is 6.45. The van der Waals surface area contributed by atoms with Crippen molar-refractivity contribution >= 4 is 81.1 Å². The highest BCUT2D eigenvalue weighted by Crippen LogP contribution is 2.56. The van der Waals surface area contributed by atoms with E-state index in [1.165, 1.54) is 54.4 Å². The Morgan fingerprint density at radius 2 is 0.914 bits per heavy atom. The summed E-state index contributed by atoms with van der Waals surface area (Å²) < 4.78 is 0. The van der Waals surface area contributed by atoms with E-state index < -0.39 is 0 Å². The lowest BCUT2D eigenvalue weighted by Crippen LogP contribution is -1.93. The van der Waals surface area contributed by atoms with Crippen molar-refractivity contribution in [3.63, 3.8) is 0 Å². The first-order chi connectivity index (χ1) is 28.7. The van der Waals surface area contributed by atoms with Gasteiger partial charge >= 0.3 is 0 Å². The Labute approximate surface area is 334 Å². The van der Waals surface area contributed by atoms with E-state index in [-0.39, 0.29) is 0 Å². The first-order valence-electron chi connectivity index (χ1n) is 19.6. The first-order valence-corrected chi connectivity index (χ1v) is 19.6. The van der Waals surface area contributed by atoms with Crippen molar-refractivity contribution in [1.82, 2.24) is 0 Å². The van der Waals surface area contributed by atoms with E-state index in [1.54, 1.807) is 0 Å². The van der Waals surface area contributed by atoms with Crippen LogP contribution in [0.2, 0.25) is 0 Å². The maximum atomic E-state index is 10.7. The molecule has 2 nitrogen and oxygen atoms in total. The fourth-order valence-electron chi connectivity index (χ4n) is 10.1. The Balaban J connectivity index is 1.34. The molecule has 0 heterocycles. The smallest absolute Gasteiger partial charge is 0.194 e. The van der Waals surface area contributed by atoms with Gasteiger partial charge < -0.3 is 0 Å². The summed E-state index contributed by atoms with van der Waals surface area (Å²) in [7, 11) is 0. The standard InChI is InChI=1S/C56H30N2/c1-58-49-27-10-9-22-43(49)52-48-31-47-40-21-8-7-20-39(40)42-24-13-25-44(51(42)47)53(48)54(38-19-6-5-16-36(38)32-57)56-45-26-12-23-41-37(28-29-46(50(41)45)55(52)56)35-18-11-17-34(30-35)33-14-3-2-4-15-33/h2-31H. The molecule has 264 valence electrons. The van der Waals surface area contributed by atoms with Gasteiger partial charge in [0.05, 0.1) is 18.2 Å². The van der Waals surface area contributed by atoms with Crippen LogP contribution < -0.4 is 0 Å². The number of para-hydroxylation sites is 1. The van der Waals surface area contributed by atoms with Crippen molar-refractivity contribution < 1.29 is 0 Å².